The SMILES string of the molecule is CCCOP(=O)(O)OP(=O)(O)OC[C@H]1O[C@@H](n2ccc(=O)[nH]c2=O)[C@@H](OC(=O)Nc2ccccc2)C1OC(=O)Nc1ccccc1. The largest absolute Gasteiger partial charge is 0.481 e. The minimum atomic E-state index is -5.33. The molecule has 0 aliphatic carbocycles. The Kier molecular flexibility index (Phi) is 11.7. The van der Waals surface area contributed by atoms with Crippen molar-refractivity contribution in [1.29, 1.82) is 0 Å². The van der Waals surface area contributed by atoms with Gasteiger partial charge in [-0.15, -0.1) is 0 Å². The summed E-state index contributed by atoms with van der Waals surface area (Å²) in [6.45, 7) is 0.370. The molecule has 6 atom stereocenters. The van der Waals surface area contributed by atoms with Crippen molar-refractivity contribution < 1.29 is 56.1 Å². The minimum absolute atomic E-state index is 0.272. The summed E-state index contributed by atoms with van der Waals surface area (Å²) >= 11 is 0. The fourth-order valence-electron chi connectivity index (χ4n) is 4.10. The predicted octanol–water partition coefficient (Wildman–Crippen LogP) is 3.33. The molecule has 5 N–H and O–H groups in total. The van der Waals surface area contributed by atoms with E-state index >= 15 is 0 Å². The van der Waals surface area contributed by atoms with Crippen LogP contribution in [-0.2, 0) is 36.7 Å². The lowest BCUT2D eigenvalue weighted by atomic mass is 10.1. The van der Waals surface area contributed by atoms with Crippen molar-refractivity contribution in [3.05, 3.63) is 93.8 Å². The molecule has 0 radical (unpaired) electrons. The molecule has 2 aromatic carbocycles. The molecule has 248 valence electrons. The van der Waals surface area contributed by atoms with Crippen LogP contribution in [0.1, 0.15) is 19.6 Å². The van der Waals surface area contributed by atoms with Crippen molar-refractivity contribution in [2.75, 3.05) is 23.8 Å². The van der Waals surface area contributed by atoms with Crippen molar-refractivity contribution in [1.82, 2.24) is 9.55 Å². The van der Waals surface area contributed by atoms with Crippen molar-refractivity contribution in [2.24, 2.45) is 0 Å². The van der Waals surface area contributed by atoms with E-state index in [0.29, 0.717) is 11.4 Å². The molecule has 46 heavy (non-hydrogen) atoms. The number of rotatable bonds is 13. The number of H-pyrrole nitrogens is 1. The second kappa shape index (κ2) is 15.4. The quantitative estimate of drug-likeness (QED) is 0.162. The number of phosphoric acid groups is 2. The van der Waals surface area contributed by atoms with E-state index in [2.05, 4.69) is 19.5 Å². The van der Waals surface area contributed by atoms with Crippen LogP contribution in [0.5, 0.6) is 0 Å². The van der Waals surface area contributed by atoms with Crippen LogP contribution in [0.4, 0.5) is 21.0 Å². The molecule has 1 fully saturated rings. The van der Waals surface area contributed by atoms with Crippen LogP contribution in [0, 0.1) is 0 Å². The number of carbonyl (C=O) groups excluding carboxylic acids is 2. The summed E-state index contributed by atoms with van der Waals surface area (Å²) in [4.78, 5) is 72.3. The monoisotopic (exact) mass is 684 g/mol. The van der Waals surface area contributed by atoms with E-state index < -0.39 is 70.2 Å². The van der Waals surface area contributed by atoms with Crippen LogP contribution in [0.2, 0.25) is 0 Å². The van der Waals surface area contributed by atoms with Crippen LogP contribution in [0.15, 0.2) is 82.5 Å². The highest BCUT2D eigenvalue weighted by molar-refractivity contribution is 7.61. The highest BCUT2D eigenvalue weighted by atomic mass is 31.3. The Bertz CT molecular complexity index is 1700. The fourth-order valence-corrected chi connectivity index (χ4v) is 6.27. The zero-order chi connectivity index (χ0) is 33.3. The maximum absolute atomic E-state index is 13.0. The maximum atomic E-state index is 13.0. The van der Waals surface area contributed by atoms with Crippen LogP contribution in [0.25, 0.3) is 0 Å². The van der Waals surface area contributed by atoms with E-state index in [1.165, 1.54) is 0 Å². The van der Waals surface area contributed by atoms with E-state index in [9.17, 15) is 38.1 Å². The van der Waals surface area contributed by atoms with Crippen LogP contribution >= 0.6 is 15.6 Å². The molecule has 1 aliphatic heterocycles. The topological polar surface area (TPSA) is 243 Å². The Hall–Kier alpha value is -4.12. The zero-order valence-electron chi connectivity index (χ0n) is 24.0. The summed E-state index contributed by atoms with van der Waals surface area (Å²) in [5.41, 5.74) is -1.13. The van der Waals surface area contributed by atoms with Gasteiger partial charge < -0.3 is 24.0 Å². The Morgan fingerprint density at radius 2 is 1.41 bits per heavy atom. The summed E-state index contributed by atoms with van der Waals surface area (Å²) < 4.78 is 56.1. The van der Waals surface area contributed by atoms with Gasteiger partial charge >= 0.3 is 33.5 Å². The van der Waals surface area contributed by atoms with Gasteiger partial charge in [-0.2, -0.15) is 4.31 Å². The van der Waals surface area contributed by atoms with Crippen molar-refractivity contribution in [3.8, 4) is 0 Å². The van der Waals surface area contributed by atoms with Gasteiger partial charge in [-0.1, -0.05) is 43.3 Å². The van der Waals surface area contributed by atoms with Crippen molar-refractivity contribution in [3.63, 3.8) is 0 Å². The van der Waals surface area contributed by atoms with Crippen LogP contribution < -0.4 is 21.9 Å². The van der Waals surface area contributed by atoms with E-state index in [1.807, 2.05) is 4.98 Å². The molecule has 0 bridgehead atoms. The summed E-state index contributed by atoms with van der Waals surface area (Å²) in [6, 6.07) is 17.1. The van der Waals surface area contributed by atoms with Crippen molar-refractivity contribution >= 4 is 39.2 Å². The lowest BCUT2D eigenvalue weighted by molar-refractivity contribution is -0.0553. The summed E-state index contributed by atoms with van der Waals surface area (Å²) in [7, 11) is -10.4. The lowest BCUT2D eigenvalue weighted by Crippen LogP contribution is -2.44. The van der Waals surface area contributed by atoms with E-state index in [0.717, 1.165) is 16.8 Å². The number of nitrogens with one attached hydrogen (secondary N) is 3. The Labute approximate surface area is 260 Å². The molecule has 3 unspecified atom stereocenters. The van der Waals surface area contributed by atoms with Gasteiger partial charge in [-0.3, -0.25) is 34.0 Å². The van der Waals surface area contributed by atoms with Crippen LogP contribution in [0.3, 0.4) is 0 Å². The van der Waals surface area contributed by atoms with Gasteiger partial charge in [-0.25, -0.2) is 23.5 Å². The first kappa shape index (κ1) is 34.7. The summed E-state index contributed by atoms with van der Waals surface area (Å²) in [5.74, 6) is 0. The smallest absolute Gasteiger partial charge is 0.439 e. The molecule has 2 heterocycles. The van der Waals surface area contributed by atoms with Gasteiger partial charge in [0.25, 0.3) is 5.56 Å². The lowest BCUT2D eigenvalue weighted by Gasteiger charge is -2.25. The average Bonchev–Trinajstić information content (AvgIpc) is 3.31. The number of aromatic amines is 1. The zero-order valence-corrected chi connectivity index (χ0v) is 25.8. The predicted molar refractivity (Wildman–Crippen MR) is 159 cm³/mol. The van der Waals surface area contributed by atoms with Gasteiger partial charge in [0.05, 0.1) is 13.2 Å². The third-order valence-corrected chi connectivity index (χ3v) is 8.64. The number of phosphoric ester groups is 2. The molecule has 2 amide bonds. The Morgan fingerprint density at radius 3 is 1.96 bits per heavy atom. The third-order valence-electron chi connectivity index (χ3n) is 6.00. The normalized spacial score (nSPS) is 21.8. The highest BCUT2D eigenvalue weighted by Gasteiger charge is 2.52. The standard InChI is InChI=1S/C26H30N4O14P2/c1-2-15-39-45(35,36)44-46(37,38)40-16-19-21(42-25(33)27-17-9-5-3-6-10-17)22(43-26(34)28-18-11-7-4-8-12-18)23(41-19)30-14-13-20(31)29-24(30)32/h3-14,19,21-23H,2,15-16H2,1H3,(H,27,33)(H,28,34)(H,35,36)(H,37,38)(H,29,31,32)/t19-,21?,22+,23-/m1/s1. The molecule has 1 aliphatic rings. The van der Waals surface area contributed by atoms with Gasteiger partial charge in [0.15, 0.2) is 18.4 Å². The molecule has 0 spiro atoms. The maximum Gasteiger partial charge on any atom is 0.481 e. The number of amides is 2. The number of para-hydroxylation sites is 2. The number of benzene rings is 2. The molecule has 18 nitrogen and oxygen atoms in total. The number of nitrogens with zero attached hydrogens (tertiary/aromatic N) is 1. The molecule has 0 saturated carbocycles. The van der Waals surface area contributed by atoms with Gasteiger partial charge in [0, 0.05) is 23.6 Å². The van der Waals surface area contributed by atoms with E-state index in [4.69, 9.17) is 18.7 Å². The van der Waals surface area contributed by atoms with E-state index in [1.54, 1.807) is 67.6 Å². The third kappa shape index (κ3) is 9.94. The number of carbonyl (C=O) groups is 2. The van der Waals surface area contributed by atoms with Crippen LogP contribution in [-0.4, -0.2) is 63.1 Å². The Balaban J connectivity index is 1.64. The molecular formula is C26H30N4O14P2. The minimum Gasteiger partial charge on any atom is -0.439 e. The average molecular weight is 684 g/mol. The van der Waals surface area contributed by atoms with Gasteiger partial charge in [0.1, 0.15) is 6.10 Å². The molecular weight excluding hydrogens is 654 g/mol. The number of aromatic nitrogens is 2. The summed E-state index contributed by atoms with van der Waals surface area (Å²) in [5, 5.41) is 4.92. The Morgan fingerprint density at radius 1 is 0.870 bits per heavy atom. The van der Waals surface area contributed by atoms with E-state index in [-0.39, 0.29) is 13.0 Å². The second-order valence-corrected chi connectivity index (χ2v) is 12.5. The van der Waals surface area contributed by atoms with Gasteiger partial charge in [-0.05, 0) is 30.7 Å². The molecule has 1 saturated heterocycles. The fraction of sp³-hybridized carbons (Fsp3) is 0.308. The first-order valence-corrected chi connectivity index (χ1v) is 16.5. The first-order chi connectivity index (χ1) is 21.9. The van der Waals surface area contributed by atoms with Gasteiger partial charge in [0.2, 0.25) is 0 Å². The number of ether oxygens (including phenoxy) is 3. The molecule has 1 aromatic heterocycles. The van der Waals surface area contributed by atoms with Crippen molar-refractivity contribution in [2.45, 2.75) is 37.9 Å². The summed E-state index contributed by atoms with van der Waals surface area (Å²) in [6.07, 6.45) is -7.36. The number of anilines is 2. The molecule has 3 aromatic rings. The highest BCUT2D eigenvalue weighted by Crippen LogP contribution is 2.60. The first-order valence-electron chi connectivity index (χ1n) is 13.5. The number of hydrogen-bond acceptors (Lipinski definition) is 12. The second-order valence-electron chi connectivity index (χ2n) is 9.45. The molecule has 20 heteroatoms. The number of hydrogen-bond donors (Lipinski definition) is 5. The molecule has 4 rings (SSSR count).